The zero-order valence-corrected chi connectivity index (χ0v) is 8.60. The molecule has 0 bridgehead atoms. The molecule has 0 saturated carbocycles. The van der Waals surface area contributed by atoms with Crippen LogP contribution in [0.1, 0.15) is 29.5 Å². The van der Waals surface area contributed by atoms with Gasteiger partial charge in [0, 0.05) is 12.5 Å². The minimum atomic E-state index is -4.30. The van der Waals surface area contributed by atoms with Crippen molar-refractivity contribution in [3.63, 3.8) is 0 Å². The van der Waals surface area contributed by atoms with Crippen molar-refractivity contribution in [3.05, 3.63) is 34.9 Å². The number of hydrogen-bond acceptors (Lipinski definition) is 1. The van der Waals surface area contributed by atoms with E-state index < -0.39 is 11.7 Å². The quantitative estimate of drug-likeness (QED) is 0.808. The van der Waals surface area contributed by atoms with Gasteiger partial charge in [0.25, 0.3) is 0 Å². The Morgan fingerprint density at radius 1 is 1.33 bits per heavy atom. The lowest BCUT2D eigenvalue weighted by Gasteiger charge is -2.14. The number of aliphatic hydroxyl groups excluding tert-OH is 1. The van der Waals surface area contributed by atoms with E-state index in [1.165, 1.54) is 6.07 Å². The Morgan fingerprint density at radius 2 is 1.93 bits per heavy atom. The number of aliphatic hydroxyl groups is 1. The second kappa shape index (κ2) is 4.23. The molecule has 0 radical (unpaired) electrons. The number of halogens is 3. The maximum atomic E-state index is 12.3. The molecule has 0 fully saturated rings. The maximum absolute atomic E-state index is 12.3. The van der Waals surface area contributed by atoms with Gasteiger partial charge in [0.1, 0.15) is 0 Å². The molecule has 0 aliphatic carbocycles. The number of benzene rings is 1. The molecule has 0 amide bonds. The topological polar surface area (TPSA) is 20.2 Å². The van der Waals surface area contributed by atoms with Crippen LogP contribution >= 0.6 is 0 Å². The summed E-state index contributed by atoms with van der Waals surface area (Å²) in [6, 6.07) is 3.59. The Bertz CT molecular complexity index is 344. The van der Waals surface area contributed by atoms with Gasteiger partial charge >= 0.3 is 6.18 Å². The molecule has 1 rings (SSSR count). The minimum absolute atomic E-state index is 0.0633. The molecule has 0 unspecified atom stereocenters. The summed E-state index contributed by atoms with van der Waals surface area (Å²) in [5.74, 6) is -0.132. The Hall–Kier alpha value is -1.03. The van der Waals surface area contributed by atoms with E-state index in [9.17, 15) is 13.2 Å². The van der Waals surface area contributed by atoms with Crippen LogP contribution in [-0.4, -0.2) is 11.7 Å². The van der Waals surface area contributed by atoms with Gasteiger partial charge in [-0.25, -0.2) is 0 Å². The van der Waals surface area contributed by atoms with Gasteiger partial charge in [-0.2, -0.15) is 13.2 Å². The first kappa shape index (κ1) is 12.0. The molecule has 0 aliphatic rings. The van der Waals surface area contributed by atoms with Gasteiger partial charge in [0.15, 0.2) is 0 Å². The molecular weight excluding hydrogens is 205 g/mol. The highest BCUT2D eigenvalue weighted by molar-refractivity contribution is 5.34. The fraction of sp³-hybridized carbons (Fsp3) is 0.455. The number of rotatable bonds is 2. The van der Waals surface area contributed by atoms with Gasteiger partial charge in [-0.1, -0.05) is 13.0 Å². The van der Waals surface area contributed by atoms with Crippen LogP contribution in [0.3, 0.4) is 0 Å². The third kappa shape index (κ3) is 2.72. The predicted octanol–water partition coefficient (Wildman–Crippen LogP) is 3.11. The summed E-state index contributed by atoms with van der Waals surface area (Å²) in [7, 11) is 0. The van der Waals surface area contributed by atoms with E-state index in [-0.39, 0.29) is 12.5 Å². The fourth-order valence-corrected chi connectivity index (χ4v) is 1.50. The Kier molecular flexibility index (Phi) is 3.39. The van der Waals surface area contributed by atoms with Crippen molar-refractivity contribution in [1.29, 1.82) is 0 Å². The van der Waals surface area contributed by atoms with E-state index >= 15 is 0 Å². The van der Waals surface area contributed by atoms with Gasteiger partial charge in [-0.15, -0.1) is 0 Å². The normalized spacial score (nSPS) is 14.0. The number of aryl methyl sites for hydroxylation is 1. The van der Waals surface area contributed by atoms with Crippen molar-refractivity contribution in [2.24, 2.45) is 0 Å². The van der Waals surface area contributed by atoms with Gasteiger partial charge < -0.3 is 5.11 Å². The second-order valence-electron chi connectivity index (χ2n) is 3.65. The molecule has 4 heteroatoms. The van der Waals surface area contributed by atoms with Crippen molar-refractivity contribution in [1.82, 2.24) is 0 Å². The SMILES string of the molecule is Cc1cc(C(F)(F)F)ccc1[C@H](C)CO. The molecule has 1 aromatic rings. The average molecular weight is 218 g/mol. The van der Waals surface area contributed by atoms with Crippen LogP contribution in [0.5, 0.6) is 0 Å². The Balaban J connectivity index is 3.09. The van der Waals surface area contributed by atoms with Crippen LogP contribution in [0.15, 0.2) is 18.2 Å². The fourth-order valence-electron chi connectivity index (χ4n) is 1.50. The van der Waals surface area contributed by atoms with Crippen molar-refractivity contribution in [2.75, 3.05) is 6.61 Å². The van der Waals surface area contributed by atoms with Crippen molar-refractivity contribution in [3.8, 4) is 0 Å². The molecule has 84 valence electrons. The summed E-state index contributed by atoms with van der Waals surface area (Å²) >= 11 is 0. The summed E-state index contributed by atoms with van der Waals surface area (Å²) < 4.78 is 37.0. The van der Waals surface area contributed by atoms with Gasteiger partial charge in [-0.05, 0) is 30.2 Å². The number of alkyl halides is 3. The lowest BCUT2D eigenvalue weighted by atomic mass is 9.95. The monoisotopic (exact) mass is 218 g/mol. The zero-order chi connectivity index (χ0) is 11.6. The summed E-state index contributed by atoms with van der Waals surface area (Å²) in [5.41, 5.74) is 0.672. The third-order valence-electron chi connectivity index (χ3n) is 2.40. The molecule has 1 aromatic carbocycles. The van der Waals surface area contributed by atoms with E-state index in [1.807, 2.05) is 0 Å². The molecule has 15 heavy (non-hydrogen) atoms. The van der Waals surface area contributed by atoms with Crippen LogP contribution in [0, 0.1) is 6.92 Å². The Labute approximate surface area is 86.5 Å². The number of hydrogen-bond donors (Lipinski definition) is 1. The second-order valence-corrected chi connectivity index (χ2v) is 3.65. The van der Waals surface area contributed by atoms with Gasteiger partial charge in [0.2, 0.25) is 0 Å². The summed E-state index contributed by atoms with van der Waals surface area (Å²) in [6.07, 6.45) is -4.30. The van der Waals surface area contributed by atoms with Crippen molar-refractivity contribution in [2.45, 2.75) is 25.9 Å². The highest BCUT2D eigenvalue weighted by atomic mass is 19.4. The summed E-state index contributed by atoms with van der Waals surface area (Å²) in [6.45, 7) is 3.33. The minimum Gasteiger partial charge on any atom is -0.396 e. The van der Waals surface area contributed by atoms with E-state index in [2.05, 4.69) is 0 Å². The molecule has 1 nitrogen and oxygen atoms in total. The molecule has 0 heterocycles. The van der Waals surface area contributed by atoms with Gasteiger partial charge in [0.05, 0.1) is 5.56 Å². The lowest BCUT2D eigenvalue weighted by Crippen LogP contribution is -2.07. The first-order valence-electron chi connectivity index (χ1n) is 4.65. The molecule has 1 atom stereocenters. The van der Waals surface area contributed by atoms with E-state index in [0.29, 0.717) is 5.56 Å². The predicted molar refractivity (Wildman–Crippen MR) is 51.7 cm³/mol. The largest absolute Gasteiger partial charge is 0.416 e. The Morgan fingerprint density at radius 3 is 2.33 bits per heavy atom. The van der Waals surface area contributed by atoms with Crippen LogP contribution in [-0.2, 0) is 6.18 Å². The maximum Gasteiger partial charge on any atom is 0.416 e. The third-order valence-corrected chi connectivity index (χ3v) is 2.40. The molecular formula is C11H13F3O. The molecule has 0 aliphatic heterocycles. The molecule has 0 saturated heterocycles. The molecule has 0 aromatic heterocycles. The highest BCUT2D eigenvalue weighted by Crippen LogP contribution is 2.31. The van der Waals surface area contributed by atoms with Crippen molar-refractivity contribution >= 4 is 0 Å². The van der Waals surface area contributed by atoms with Crippen molar-refractivity contribution < 1.29 is 18.3 Å². The highest BCUT2D eigenvalue weighted by Gasteiger charge is 2.30. The van der Waals surface area contributed by atoms with E-state index in [0.717, 1.165) is 17.7 Å². The first-order valence-corrected chi connectivity index (χ1v) is 4.65. The van der Waals surface area contributed by atoms with Crippen LogP contribution in [0.2, 0.25) is 0 Å². The van der Waals surface area contributed by atoms with Gasteiger partial charge in [-0.3, -0.25) is 0 Å². The van der Waals surface area contributed by atoms with Crippen LogP contribution in [0.25, 0.3) is 0 Å². The summed E-state index contributed by atoms with van der Waals surface area (Å²) in [4.78, 5) is 0. The van der Waals surface area contributed by atoms with Crippen LogP contribution in [0.4, 0.5) is 13.2 Å². The zero-order valence-electron chi connectivity index (χ0n) is 8.60. The van der Waals surface area contributed by atoms with E-state index in [4.69, 9.17) is 5.11 Å². The average Bonchev–Trinajstić information content (AvgIpc) is 2.15. The lowest BCUT2D eigenvalue weighted by molar-refractivity contribution is -0.137. The smallest absolute Gasteiger partial charge is 0.396 e. The summed E-state index contributed by atoms with van der Waals surface area (Å²) in [5, 5.41) is 8.92. The van der Waals surface area contributed by atoms with E-state index in [1.54, 1.807) is 13.8 Å². The molecule has 0 spiro atoms. The first-order chi connectivity index (χ1) is 6.86. The van der Waals surface area contributed by atoms with Crippen LogP contribution < -0.4 is 0 Å². The molecule has 1 N–H and O–H groups in total. The standard InChI is InChI=1S/C11H13F3O/c1-7-5-9(11(12,13)14)3-4-10(7)8(2)6-15/h3-5,8,15H,6H2,1-2H3/t8-/m1/s1.